The lowest BCUT2D eigenvalue weighted by Crippen LogP contribution is -1.97. The van der Waals surface area contributed by atoms with Crippen LogP contribution in [-0.4, -0.2) is 21.2 Å². The zero-order valence-corrected chi connectivity index (χ0v) is 10.6. The van der Waals surface area contributed by atoms with Crippen LogP contribution in [0.15, 0.2) is 47.0 Å². The van der Waals surface area contributed by atoms with Crippen LogP contribution in [0.1, 0.15) is 12.3 Å². The van der Waals surface area contributed by atoms with Gasteiger partial charge in [-0.15, -0.1) is 0 Å². The first-order valence-corrected chi connectivity index (χ1v) is 6.26. The van der Waals surface area contributed by atoms with Crippen LogP contribution in [0.3, 0.4) is 0 Å². The molecule has 5 nitrogen and oxygen atoms in total. The van der Waals surface area contributed by atoms with Crippen LogP contribution >= 0.6 is 0 Å². The fourth-order valence-corrected chi connectivity index (χ4v) is 2.10. The summed E-state index contributed by atoms with van der Waals surface area (Å²) >= 11 is 0. The van der Waals surface area contributed by atoms with E-state index in [0.717, 1.165) is 16.3 Å². The molecule has 0 amide bonds. The molecule has 0 aliphatic rings. The Morgan fingerprint density at radius 1 is 1.15 bits per heavy atom. The molecule has 0 fully saturated rings. The lowest BCUT2D eigenvalue weighted by Gasteiger charge is -2.01. The van der Waals surface area contributed by atoms with E-state index in [1.54, 1.807) is 0 Å². The molecule has 0 radical (unpaired) electrons. The average Bonchev–Trinajstić information content (AvgIpc) is 2.93. The number of rotatable bonds is 4. The number of aliphatic carboxylic acids is 1. The quantitative estimate of drug-likeness (QED) is 0.787. The molecule has 5 heteroatoms. The van der Waals surface area contributed by atoms with E-state index in [1.807, 2.05) is 42.5 Å². The summed E-state index contributed by atoms with van der Waals surface area (Å²) < 4.78 is 5.09. The molecule has 2 aromatic carbocycles. The number of hydrogen-bond acceptors (Lipinski definition) is 4. The Hall–Kier alpha value is -2.69. The van der Waals surface area contributed by atoms with Crippen molar-refractivity contribution in [2.75, 3.05) is 0 Å². The third kappa shape index (κ3) is 2.38. The summed E-state index contributed by atoms with van der Waals surface area (Å²) in [5.74, 6) is -0.0487. The summed E-state index contributed by atoms with van der Waals surface area (Å²) in [6.07, 6.45) is 0.226. The first-order valence-electron chi connectivity index (χ1n) is 6.26. The number of nitrogens with zero attached hydrogens (tertiary/aromatic N) is 2. The predicted octanol–water partition coefficient (Wildman–Crippen LogP) is 2.91. The first kappa shape index (κ1) is 12.3. The van der Waals surface area contributed by atoms with Crippen molar-refractivity contribution in [2.24, 2.45) is 0 Å². The summed E-state index contributed by atoms with van der Waals surface area (Å²) in [4.78, 5) is 14.8. The number of carboxylic acids is 1. The number of aryl methyl sites for hydroxylation is 1. The zero-order valence-electron chi connectivity index (χ0n) is 10.6. The number of carbonyl (C=O) groups is 1. The molecular formula is C15H12N2O3. The maximum Gasteiger partial charge on any atom is 0.303 e. The molecule has 0 saturated heterocycles. The van der Waals surface area contributed by atoms with Crippen LogP contribution in [0.2, 0.25) is 0 Å². The normalized spacial score (nSPS) is 10.8. The average molecular weight is 268 g/mol. The van der Waals surface area contributed by atoms with Crippen LogP contribution < -0.4 is 0 Å². The highest BCUT2D eigenvalue weighted by molar-refractivity contribution is 5.94. The van der Waals surface area contributed by atoms with Crippen LogP contribution in [0.5, 0.6) is 0 Å². The topological polar surface area (TPSA) is 76.2 Å². The summed E-state index contributed by atoms with van der Waals surface area (Å²) in [6, 6.07) is 13.8. The Morgan fingerprint density at radius 3 is 2.80 bits per heavy atom. The van der Waals surface area contributed by atoms with Gasteiger partial charge in [0.1, 0.15) is 0 Å². The van der Waals surface area contributed by atoms with E-state index in [9.17, 15) is 4.79 Å². The highest BCUT2D eigenvalue weighted by atomic mass is 16.5. The third-order valence-electron chi connectivity index (χ3n) is 3.05. The lowest BCUT2D eigenvalue weighted by molar-refractivity contribution is -0.137. The van der Waals surface area contributed by atoms with Gasteiger partial charge in [0.15, 0.2) is 0 Å². The van der Waals surface area contributed by atoms with Gasteiger partial charge in [0.25, 0.3) is 0 Å². The van der Waals surface area contributed by atoms with Gasteiger partial charge in [0.2, 0.25) is 11.7 Å². The van der Waals surface area contributed by atoms with Crippen molar-refractivity contribution in [3.05, 3.63) is 48.4 Å². The van der Waals surface area contributed by atoms with E-state index in [1.165, 1.54) is 0 Å². The highest BCUT2D eigenvalue weighted by Gasteiger charge is 2.12. The van der Waals surface area contributed by atoms with E-state index in [-0.39, 0.29) is 12.8 Å². The number of aromatic nitrogens is 2. The van der Waals surface area contributed by atoms with E-state index >= 15 is 0 Å². The largest absolute Gasteiger partial charge is 0.481 e. The lowest BCUT2D eigenvalue weighted by atomic mass is 10.0. The van der Waals surface area contributed by atoms with Crippen molar-refractivity contribution in [1.82, 2.24) is 10.1 Å². The van der Waals surface area contributed by atoms with Crippen LogP contribution in [0.4, 0.5) is 0 Å². The molecule has 0 saturated carbocycles. The van der Waals surface area contributed by atoms with Gasteiger partial charge >= 0.3 is 5.97 Å². The van der Waals surface area contributed by atoms with Gasteiger partial charge < -0.3 is 9.63 Å². The Labute approximate surface area is 114 Å². The van der Waals surface area contributed by atoms with Crippen LogP contribution in [0.25, 0.3) is 22.2 Å². The molecule has 0 spiro atoms. The minimum absolute atomic E-state index is 0.0167. The van der Waals surface area contributed by atoms with Crippen molar-refractivity contribution in [2.45, 2.75) is 12.8 Å². The van der Waals surface area contributed by atoms with Crippen molar-refractivity contribution < 1.29 is 14.4 Å². The molecule has 100 valence electrons. The van der Waals surface area contributed by atoms with E-state index in [0.29, 0.717) is 11.7 Å². The van der Waals surface area contributed by atoms with Crippen molar-refractivity contribution >= 4 is 16.7 Å². The Kier molecular flexibility index (Phi) is 3.16. The van der Waals surface area contributed by atoms with Gasteiger partial charge in [-0.1, -0.05) is 47.6 Å². The molecular weight excluding hydrogens is 256 g/mol. The van der Waals surface area contributed by atoms with Gasteiger partial charge in [-0.3, -0.25) is 4.79 Å². The second kappa shape index (κ2) is 5.13. The van der Waals surface area contributed by atoms with Gasteiger partial charge in [-0.25, -0.2) is 0 Å². The smallest absolute Gasteiger partial charge is 0.303 e. The predicted molar refractivity (Wildman–Crippen MR) is 73.2 cm³/mol. The van der Waals surface area contributed by atoms with E-state index in [4.69, 9.17) is 9.63 Å². The molecule has 1 aromatic heterocycles. The summed E-state index contributed by atoms with van der Waals surface area (Å²) in [5.41, 5.74) is 0.883. The maximum atomic E-state index is 10.5. The highest BCUT2D eigenvalue weighted by Crippen LogP contribution is 2.26. The van der Waals surface area contributed by atoms with Crippen LogP contribution in [0, 0.1) is 0 Å². The summed E-state index contributed by atoms with van der Waals surface area (Å²) in [5, 5.41) is 14.7. The number of hydrogen-bond donors (Lipinski definition) is 1. The monoisotopic (exact) mass is 268 g/mol. The minimum atomic E-state index is -0.880. The van der Waals surface area contributed by atoms with Gasteiger partial charge in [0.05, 0.1) is 6.42 Å². The molecule has 3 rings (SSSR count). The number of fused-ring (bicyclic) bond motifs is 1. The maximum absolute atomic E-state index is 10.5. The fraction of sp³-hybridized carbons (Fsp3) is 0.133. The molecule has 1 heterocycles. The summed E-state index contributed by atoms with van der Waals surface area (Å²) in [6.45, 7) is 0. The van der Waals surface area contributed by atoms with E-state index in [2.05, 4.69) is 10.1 Å². The van der Waals surface area contributed by atoms with Gasteiger partial charge in [-0.05, 0) is 10.8 Å². The molecule has 0 aliphatic heterocycles. The van der Waals surface area contributed by atoms with Crippen molar-refractivity contribution in [3.8, 4) is 11.4 Å². The molecule has 0 aliphatic carbocycles. The SMILES string of the molecule is O=C(O)CCc1nc(-c2cccc3ccccc23)no1. The summed E-state index contributed by atoms with van der Waals surface area (Å²) in [7, 11) is 0. The standard InChI is InChI=1S/C15H12N2O3/c18-14(19)9-8-13-16-15(17-20-13)12-7-3-5-10-4-1-2-6-11(10)12/h1-7H,8-9H2,(H,18,19). The van der Waals surface area contributed by atoms with Crippen LogP contribution in [-0.2, 0) is 11.2 Å². The molecule has 1 N–H and O–H groups in total. The Morgan fingerprint density at radius 2 is 1.95 bits per heavy atom. The Balaban J connectivity index is 1.97. The molecule has 3 aromatic rings. The molecule has 0 bridgehead atoms. The van der Waals surface area contributed by atoms with E-state index < -0.39 is 5.97 Å². The zero-order chi connectivity index (χ0) is 13.9. The van der Waals surface area contributed by atoms with Gasteiger partial charge in [-0.2, -0.15) is 4.98 Å². The second-order valence-electron chi connectivity index (χ2n) is 4.43. The number of benzene rings is 2. The van der Waals surface area contributed by atoms with Crippen molar-refractivity contribution in [1.29, 1.82) is 0 Å². The second-order valence-corrected chi connectivity index (χ2v) is 4.43. The van der Waals surface area contributed by atoms with Gasteiger partial charge in [0, 0.05) is 12.0 Å². The molecule has 20 heavy (non-hydrogen) atoms. The third-order valence-corrected chi connectivity index (χ3v) is 3.05. The minimum Gasteiger partial charge on any atom is -0.481 e. The molecule has 0 atom stereocenters. The fourth-order valence-electron chi connectivity index (χ4n) is 2.10. The number of carboxylic acid groups (broad SMARTS) is 1. The van der Waals surface area contributed by atoms with Crippen molar-refractivity contribution in [3.63, 3.8) is 0 Å². The molecule has 0 unspecified atom stereocenters. The first-order chi connectivity index (χ1) is 9.74. The Bertz CT molecular complexity index is 759.